The fourth-order valence-corrected chi connectivity index (χ4v) is 2.48. The number of likely N-dealkylation sites (N-methyl/N-ethyl adjacent to an activating group) is 1. The van der Waals surface area contributed by atoms with Gasteiger partial charge >= 0.3 is 0 Å². The van der Waals surface area contributed by atoms with E-state index in [1.165, 1.54) is 0 Å². The lowest BCUT2D eigenvalue weighted by Crippen LogP contribution is -2.48. The molecule has 1 aromatic carbocycles. The van der Waals surface area contributed by atoms with Gasteiger partial charge in [-0.2, -0.15) is 5.10 Å². The Kier molecular flexibility index (Phi) is 3.14. The van der Waals surface area contributed by atoms with Crippen LogP contribution in [0.15, 0.2) is 24.4 Å². The lowest BCUT2D eigenvalue weighted by atomic mass is 10.0. The van der Waals surface area contributed by atoms with Crippen molar-refractivity contribution >= 4 is 22.7 Å². The molecule has 6 heteroatoms. The molecule has 1 unspecified atom stereocenters. The average molecular weight is 272 g/mol. The normalized spacial score (nSPS) is 19.4. The summed E-state index contributed by atoms with van der Waals surface area (Å²) in [6.45, 7) is 0.566. The van der Waals surface area contributed by atoms with Crippen LogP contribution in [-0.4, -0.2) is 46.5 Å². The molecule has 3 rings (SSSR count). The Morgan fingerprint density at radius 3 is 3.15 bits per heavy atom. The van der Waals surface area contributed by atoms with Crippen molar-refractivity contribution in [2.75, 3.05) is 13.6 Å². The molecular weight excluding hydrogens is 256 g/mol. The molecule has 0 bridgehead atoms. The number of amides is 2. The second-order valence-electron chi connectivity index (χ2n) is 5.16. The van der Waals surface area contributed by atoms with Gasteiger partial charge in [-0.15, -0.1) is 0 Å². The number of nitrogens with one attached hydrogen (secondary N) is 2. The van der Waals surface area contributed by atoms with E-state index in [1.807, 2.05) is 6.07 Å². The number of aromatic nitrogens is 2. The summed E-state index contributed by atoms with van der Waals surface area (Å²) in [7, 11) is 1.76. The molecule has 0 aliphatic carbocycles. The molecule has 1 saturated heterocycles. The number of H-pyrrole nitrogens is 1. The van der Waals surface area contributed by atoms with E-state index < -0.39 is 0 Å². The number of hydrogen-bond acceptors (Lipinski definition) is 3. The summed E-state index contributed by atoms with van der Waals surface area (Å²) in [5, 5.41) is 10.7. The number of nitrogens with zero attached hydrogens (tertiary/aromatic N) is 2. The minimum Gasteiger partial charge on any atom is -0.348 e. The Bertz CT molecular complexity index is 664. The first-order valence-corrected chi connectivity index (χ1v) is 6.61. The lowest BCUT2D eigenvalue weighted by molar-refractivity contribution is -0.132. The number of fused-ring (bicyclic) bond motifs is 1. The predicted molar refractivity (Wildman–Crippen MR) is 74.2 cm³/mol. The Balaban J connectivity index is 1.71. The zero-order valence-corrected chi connectivity index (χ0v) is 11.2. The van der Waals surface area contributed by atoms with Crippen LogP contribution >= 0.6 is 0 Å². The molecule has 0 saturated carbocycles. The molecule has 20 heavy (non-hydrogen) atoms. The van der Waals surface area contributed by atoms with Gasteiger partial charge in [-0.25, -0.2) is 0 Å². The molecule has 104 valence electrons. The molecule has 1 fully saturated rings. The number of carbonyl (C=O) groups is 2. The summed E-state index contributed by atoms with van der Waals surface area (Å²) in [4.78, 5) is 25.3. The van der Waals surface area contributed by atoms with Gasteiger partial charge in [0.2, 0.25) is 5.91 Å². The van der Waals surface area contributed by atoms with Gasteiger partial charge in [-0.05, 0) is 18.6 Å². The summed E-state index contributed by atoms with van der Waals surface area (Å²) in [5.74, 6) is 0.0172. The Morgan fingerprint density at radius 2 is 2.35 bits per heavy atom. The van der Waals surface area contributed by atoms with Gasteiger partial charge in [0.25, 0.3) is 5.91 Å². The first kappa shape index (κ1) is 12.7. The third kappa shape index (κ3) is 2.36. The number of piperidine rings is 1. The molecule has 0 spiro atoms. The molecule has 2 N–H and O–H groups in total. The van der Waals surface area contributed by atoms with Gasteiger partial charge in [0.1, 0.15) is 0 Å². The van der Waals surface area contributed by atoms with Crippen LogP contribution in [0, 0.1) is 0 Å². The third-order valence-corrected chi connectivity index (χ3v) is 3.67. The van der Waals surface area contributed by atoms with Crippen LogP contribution in [0.2, 0.25) is 0 Å². The number of likely N-dealkylation sites (tertiary alicyclic amines) is 1. The second-order valence-corrected chi connectivity index (χ2v) is 5.16. The van der Waals surface area contributed by atoms with Gasteiger partial charge in [0, 0.05) is 37.0 Å². The van der Waals surface area contributed by atoms with Crippen molar-refractivity contribution in [1.29, 1.82) is 0 Å². The average Bonchev–Trinajstić information content (AvgIpc) is 2.90. The summed E-state index contributed by atoms with van der Waals surface area (Å²) >= 11 is 0. The first-order valence-electron chi connectivity index (χ1n) is 6.61. The highest BCUT2D eigenvalue weighted by molar-refractivity contribution is 5.98. The van der Waals surface area contributed by atoms with Crippen molar-refractivity contribution in [3.05, 3.63) is 30.0 Å². The number of hydrogen-bond donors (Lipinski definition) is 2. The van der Waals surface area contributed by atoms with E-state index in [9.17, 15) is 9.59 Å². The quantitative estimate of drug-likeness (QED) is 0.853. The fraction of sp³-hybridized carbons (Fsp3) is 0.357. The molecule has 1 aliphatic rings. The molecule has 2 aromatic rings. The van der Waals surface area contributed by atoms with E-state index in [0.717, 1.165) is 10.9 Å². The maximum Gasteiger partial charge on any atom is 0.251 e. The number of benzene rings is 1. The molecule has 1 aromatic heterocycles. The minimum atomic E-state index is -0.116. The Labute approximate surface area is 116 Å². The number of carbonyl (C=O) groups excluding carboxylic acids is 2. The SMILES string of the molecule is CN1CC(NC(=O)c2ccc3cn[nH]c3c2)CCC1=O. The van der Waals surface area contributed by atoms with Gasteiger partial charge in [-0.1, -0.05) is 6.07 Å². The highest BCUT2D eigenvalue weighted by atomic mass is 16.2. The van der Waals surface area contributed by atoms with E-state index in [-0.39, 0.29) is 17.9 Å². The monoisotopic (exact) mass is 272 g/mol. The van der Waals surface area contributed by atoms with Crippen molar-refractivity contribution in [3.8, 4) is 0 Å². The van der Waals surface area contributed by atoms with Crippen molar-refractivity contribution in [3.63, 3.8) is 0 Å². The van der Waals surface area contributed by atoms with Crippen LogP contribution < -0.4 is 5.32 Å². The molecule has 2 heterocycles. The van der Waals surface area contributed by atoms with Gasteiger partial charge in [0.05, 0.1) is 11.7 Å². The smallest absolute Gasteiger partial charge is 0.251 e. The maximum absolute atomic E-state index is 12.2. The zero-order valence-electron chi connectivity index (χ0n) is 11.2. The number of rotatable bonds is 2. The van der Waals surface area contributed by atoms with Crippen LogP contribution in [0.25, 0.3) is 10.9 Å². The summed E-state index contributed by atoms with van der Waals surface area (Å²) in [6.07, 6.45) is 2.90. The zero-order chi connectivity index (χ0) is 14.1. The highest BCUT2D eigenvalue weighted by Gasteiger charge is 2.24. The molecule has 6 nitrogen and oxygen atoms in total. The highest BCUT2D eigenvalue weighted by Crippen LogP contribution is 2.14. The summed E-state index contributed by atoms with van der Waals surface area (Å²) in [5.41, 5.74) is 1.44. The van der Waals surface area contributed by atoms with Crippen molar-refractivity contribution in [2.24, 2.45) is 0 Å². The van der Waals surface area contributed by atoms with Gasteiger partial charge in [0.15, 0.2) is 0 Å². The largest absolute Gasteiger partial charge is 0.348 e. The summed E-state index contributed by atoms with van der Waals surface area (Å²) in [6, 6.07) is 5.45. The topological polar surface area (TPSA) is 78.1 Å². The molecule has 0 radical (unpaired) electrons. The maximum atomic E-state index is 12.2. The lowest BCUT2D eigenvalue weighted by Gasteiger charge is -2.30. The van der Waals surface area contributed by atoms with Gasteiger partial charge in [-0.3, -0.25) is 14.7 Å². The standard InChI is InChI=1S/C14H16N4O2/c1-18-8-11(4-5-13(18)19)16-14(20)9-2-3-10-7-15-17-12(10)6-9/h2-3,6-7,11H,4-5,8H2,1H3,(H,15,17)(H,16,20). The van der Waals surface area contributed by atoms with Crippen LogP contribution in [-0.2, 0) is 4.79 Å². The first-order chi connectivity index (χ1) is 9.63. The van der Waals surface area contributed by atoms with Crippen molar-refractivity contribution in [1.82, 2.24) is 20.4 Å². The second kappa shape index (κ2) is 4.96. The van der Waals surface area contributed by atoms with Crippen molar-refractivity contribution < 1.29 is 9.59 Å². The molecular formula is C14H16N4O2. The predicted octanol–water partition coefficient (Wildman–Crippen LogP) is 0.913. The van der Waals surface area contributed by atoms with Crippen LogP contribution in [0.1, 0.15) is 23.2 Å². The minimum absolute atomic E-state index is 0.0164. The fourth-order valence-electron chi connectivity index (χ4n) is 2.48. The molecule has 1 aliphatic heterocycles. The Hall–Kier alpha value is -2.37. The Morgan fingerprint density at radius 1 is 1.50 bits per heavy atom. The molecule has 2 amide bonds. The van der Waals surface area contributed by atoms with E-state index in [2.05, 4.69) is 15.5 Å². The van der Waals surface area contributed by atoms with E-state index in [0.29, 0.717) is 24.9 Å². The van der Waals surface area contributed by atoms with E-state index in [1.54, 1.807) is 30.3 Å². The van der Waals surface area contributed by atoms with Gasteiger partial charge < -0.3 is 10.2 Å². The number of aromatic amines is 1. The van der Waals surface area contributed by atoms with Crippen molar-refractivity contribution in [2.45, 2.75) is 18.9 Å². The van der Waals surface area contributed by atoms with E-state index in [4.69, 9.17) is 0 Å². The van der Waals surface area contributed by atoms with E-state index >= 15 is 0 Å². The van der Waals surface area contributed by atoms with Crippen LogP contribution in [0.3, 0.4) is 0 Å². The third-order valence-electron chi connectivity index (χ3n) is 3.67. The molecule has 1 atom stereocenters. The summed E-state index contributed by atoms with van der Waals surface area (Å²) < 4.78 is 0. The van der Waals surface area contributed by atoms with Crippen LogP contribution in [0.4, 0.5) is 0 Å². The van der Waals surface area contributed by atoms with Crippen LogP contribution in [0.5, 0.6) is 0 Å².